The molecule has 3 aromatic rings. The van der Waals surface area contributed by atoms with Gasteiger partial charge in [-0.25, -0.2) is 14.4 Å². The molecule has 1 heterocycles. The summed E-state index contributed by atoms with van der Waals surface area (Å²) in [6.45, 7) is 14.2. The third kappa shape index (κ3) is 16.4. The minimum absolute atomic E-state index is 0.323. The van der Waals surface area contributed by atoms with Crippen LogP contribution in [0, 0.1) is 17.8 Å². The number of rotatable bonds is 27. The van der Waals surface area contributed by atoms with E-state index in [9.17, 15) is 14.4 Å². The van der Waals surface area contributed by atoms with E-state index in [0.717, 1.165) is 94.1 Å². The lowest BCUT2D eigenvalue weighted by Gasteiger charge is -2.40. The first-order valence-corrected chi connectivity index (χ1v) is 22.6. The molecular formula is C48H72N6O6. The maximum absolute atomic E-state index is 12.9. The lowest BCUT2D eigenvalue weighted by Crippen LogP contribution is -2.73. The first kappa shape index (κ1) is 48.0. The number of carbonyl (C=O) groups is 3. The van der Waals surface area contributed by atoms with Crippen LogP contribution in [-0.2, 0) is 14.2 Å². The smallest absolute Gasteiger partial charge is 0.338 e. The van der Waals surface area contributed by atoms with Gasteiger partial charge in [-0.1, -0.05) is 99.3 Å². The van der Waals surface area contributed by atoms with E-state index in [2.05, 4.69) is 73.4 Å². The zero-order chi connectivity index (χ0) is 43.1. The first-order chi connectivity index (χ1) is 29.2. The van der Waals surface area contributed by atoms with Gasteiger partial charge in [0, 0.05) is 17.1 Å². The number of hydrogen-bond acceptors (Lipinski definition) is 12. The number of benzene rings is 3. The molecular weight excluding hydrogens is 757 g/mol. The fourth-order valence-electron chi connectivity index (χ4n) is 7.03. The van der Waals surface area contributed by atoms with Crippen molar-refractivity contribution in [2.45, 2.75) is 137 Å². The van der Waals surface area contributed by atoms with Crippen molar-refractivity contribution in [2.75, 3.05) is 35.8 Å². The molecule has 60 heavy (non-hydrogen) atoms. The van der Waals surface area contributed by atoms with E-state index < -0.39 is 18.9 Å². The Hall–Kier alpha value is -4.65. The molecule has 330 valence electrons. The van der Waals surface area contributed by atoms with Crippen molar-refractivity contribution >= 4 is 35.0 Å². The van der Waals surface area contributed by atoms with Gasteiger partial charge in [0.05, 0.1) is 36.5 Å². The Morgan fingerprint density at radius 3 is 0.917 bits per heavy atom. The third-order valence-electron chi connectivity index (χ3n) is 11.3. The summed E-state index contributed by atoms with van der Waals surface area (Å²) in [4.78, 5) is 38.6. The SMILES string of the molecule is CCCCC(CC)COC(=O)c1ccc(NC2NC(Nc3ccc(C(=O)OCC(CC)CCCC)cc3)NC(Nc3ccc(C(=O)OCC(CC)CCCC)cc3)N2)cc1. The van der Waals surface area contributed by atoms with Crippen molar-refractivity contribution in [1.29, 1.82) is 0 Å². The topological polar surface area (TPSA) is 151 Å². The van der Waals surface area contributed by atoms with Crippen LogP contribution in [0.1, 0.15) is 150 Å². The van der Waals surface area contributed by atoms with E-state index >= 15 is 0 Å². The Labute approximate surface area is 359 Å². The molecule has 1 saturated heterocycles. The van der Waals surface area contributed by atoms with Crippen LogP contribution >= 0.6 is 0 Å². The number of unbranched alkanes of at least 4 members (excludes halogenated alkanes) is 3. The molecule has 0 radical (unpaired) electrons. The van der Waals surface area contributed by atoms with E-state index in [4.69, 9.17) is 14.2 Å². The summed E-state index contributed by atoms with van der Waals surface area (Å²) in [5, 5.41) is 20.9. The van der Waals surface area contributed by atoms with Crippen LogP contribution in [0.5, 0.6) is 0 Å². The number of nitrogens with one attached hydrogen (secondary N) is 6. The fourth-order valence-corrected chi connectivity index (χ4v) is 7.03. The van der Waals surface area contributed by atoms with Crippen LogP contribution < -0.4 is 31.9 Å². The Morgan fingerprint density at radius 2 is 0.700 bits per heavy atom. The van der Waals surface area contributed by atoms with Gasteiger partial charge in [0.15, 0.2) is 0 Å². The van der Waals surface area contributed by atoms with Crippen molar-refractivity contribution < 1.29 is 28.6 Å². The second kappa shape index (κ2) is 26.5. The summed E-state index contributed by atoms with van der Waals surface area (Å²) in [5.74, 6) is 0.146. The van der Waals surface area contributed by atoms with Gasteiger partial charge in [0.25, 0.3) is 0 Å². The summed E-state index contributed by atoms with van der Waals surface area (Å²) < 4.78 is 17.0. The molecule has 12 heteroatoms. The zero-order valence-corrected chi connectivity index (χ0v) is 36.9. The minimum atomic E-state index is -0.440. The average molecular weight is 829 g/mol. The predicted octanol–water partition coefficient (Wildman–Crippen LogP) is 10.1. The summed E-state index contributed by atoms with van der Waals surface area (Å²) in [5.41, 5.74) is 3.86. The second-order valence-electron chi connectivity index (χ2n) is 16.0. The molecule has 6 N–H and O–H groups in total. The molecule has 4 rings (SSSR count). The molecule has 1 aliphatic heterocycles. The van der Waals surface area contributed by atoms with Crippen molar-refractivity contribution in [1.82, 2.24) is 16.0 Å². The molecule has 0 amide bonds. The monoisotopic (exact) mass is 829 g/mol. The van der Waals surface area contributed by atoms with Gasteiger partial charge < -0.3 is 30.2 Å². The third-order valence-corrected chi connectivity index (χ3v) is 11.3. The number of hydrogen-bond donors (Lipinski definition) is 6. The molecule has 3 aromatic carbocycles. The molecule has 0 aromatic heterocycles. The highest BCUT2D eigenvalue weighted by atomic mass is 16.5. The van der Waals surface area contributed by atoms with Gasteiger partial charge in [0.2, 0.25) is 0 Å². The first-order valence-electron chi connectivity index (χ1n) is 22.6. The highest BCUT2D eigenvalue weighted by Crippen LogP contribution is 2.20. The Bertz CT molecular complexity index is 1480. The van der Waals surface area contributed by atoms with Crippen LogP contribution in [0.2, 0.25) is 0 Å². The maximum atomic E-state index is 12.9. The quantitative estimate of drug-likeness (QED) is 0.0321. The van der Waals surface area contributed by atoms with E-state index in [1.807, 2.05) is 36.4 Å². The number of esters is 3. The summed E-state index contributed by atoms with van der Waals surface area (Å²) in [7, 11) is 0. The van der Waals surface area contributed by atoms with Crippen molar-refractivity contribution in [3.05, 3.63) is 89.5 Å². The standard InChI is InChI=1S/C48H72N6O6/c1-7-13-16-34(10-4)31-58-43(55)37-19-25-40(26-20-37)49-46-52-47(50-41-27-21-38(22-28-41)44(56)59-32-35(11-5)17-14-8-2)54-48(53-46)51-42-29-23-39(24-30-42)45(57)60-33-36(12-6)18-15-9-3/h19-30,34-36,46-54H,7-18,31-33H2,1-6H3. The van der Waals surface area contributed by atoms with Crippen LogP contribution in [0.25, 0.3) is 0 Å². The second-order valence-corrected chi connectivity index (χ2v) is 16.0. The lowest BCUT2D eigenvalue weighted by molar-refractivity contribution is 0.0419. The van der Waals surface area contributed by atoms with Crippen molar-refractivity contribution in [2.24, 2.45) is 17.8 Å². The van der Waals surface area contributed by atoms with Crippen LogP contribution in [0.15, 0.2) is 72.8 Å². The van der Waals surface area contributed by atoms with Gasteiger partial charge >= 0.3 is 17.9 Å². The Balaban J connectivity index is 1.41. The fraction of sp³-hybridized carbons (Fsp3) is 0.562. The molecule has 1 aliphatic rings. The van der Waals surface area contributed by atoms with Crippen LogP contribution in [-0.4, -0.2) is 56.6 Å². The van der Waals surface area contributed by atoms with Gasteiger partial charge in [0.1, 0.15) is 18.9 Å². The molecule has 0 aliphatic carbocycles. The molecule has 3 atom stereocenters. The van der Waals surface area contributed by atoms with Crippen molar-refractivity contribution in [3.63, 3.8) is 0 Å². The molecule has 0 bridgehead atoms. The summed E-state index contributed by atoms with van der Waals surface area (Å²) >= 11 is 0. The lowest BCUT2D eigenvalue weighted by atomic mass is 10.0. The molecule has 12 nitrogen and oxygen atoms in total. The zero-order valence-electron chi connectivity index (χ0n) is 36.9. The van der Waals surface area contributed by atoms with E-state index in [-0.39, 0.29) is 17.9 Å². The highest BCUT2D eigenvalue weighted by Gasteiger charge is 2.27. The van der Waals surface area contributed by atoms with E-state index in [1.54, 1.807) is 36.4 Å². The molecule has 3 unspecified atom stereocenters. The Morgan fingerprint density at radius 1 is 0.450 bits per heavy atom. The van der Waals surface area contributed by atoms with Gasteiger partial charge in [-0.15, -0.1) is 0 Å². The molecule has 0 spiro atoms. The maximum Gasteiger partial charge on any atom is 0.338 e. The predicted molar refractivity (Wildman–Crippen MR) is 242 cm³/mol. The molecule has 0 saturated carbocycles. The van der Waals surface area contributed by atoms with Crippen LogP contribution in [0.3, 0.4) is 0 Å². The van der Waals surface area contributed by atoms with Gasteiger partial charge in [-0.3, -0.25) is 16.0 Å². The number of ether oxygens (including phenoxy) is 3. The minimum Gasteiger partial charge on any atom is -0.462 e. The van der Waals surface area contributed by atoms with E-state index in [0.29, 0.717) is 54.3 Å². The van der Waals surface area contributed by atoms with Crippen molar-refractivity contribution in [3.8, 4) is 0 Å². The normalized spacial score (nSPS) is 17.8. The van der Waals surface area contributed by atoms with E-state index in [1.165, 1.54) is 0 Å². The summed E-state index contributed by atoms with van der Waals surface area (Å²) in [6, 6.07) is 21.8. The van der Waals surface area contributed by atoms with Gasteiger partial charge in [-0.05, 0) is 110 Å². The van der Waals surface area contributed by atoms with Crippen LogP contribution in [0.4, 0.5) is 17.1 Å². The highest BCUT2D eigenvalue weighted by molar-refractivity contribution is 5.91. The van der Waals surface area contributed by atoms with Gasteiger partial charge in [-0.2, -0.15) is 0 Å². The number of carbonyl (C=O) groups excluding carboxylic acids is 3. The average Bonchev–Trinajstić information content (AvgIpc) is 3.27. The Kier molecular flexibility index (Phi) is 21.2. The number of anilines is 3. The summed E-state index contributed by atoms with van der Waals surface area (Å²) in [6.07, 6.45) is 11.6. The largest absolute Gasteiger partial charge is 0.462 e. The molecule has 1 fully saturated rings.